The molecule has 1 aromatic heterocycles. The van der Waals surface area contributed by atoms with Gasteiger partial charge in [0, 0.05) is 34.9 Å². The van der Waals surface area contributed by atoms with Gasteiger partial charge in [-0.05, 0) is 48.3 Å². The molecular formula is C24H26ClN5O3. The number of amides is 3. The van der Waals surface area contributed by atoms with Gasteiger partial charge in [-0.15, -0.1) is 0 Å². The molecule has 0 spiro atoms. The van der Waals surface area contributed by atoms with E-state index in [0.717, 1.165) is 10.9 Å². The van der Waals surface area contributed by atoms with E-state index in [1.165, 1.54) is 0 Å². The zero-order valence-electron chi connectivity index (χ0n) is 18.5. The van der Waals surface area contributed by atoms with E-state index in [1.54, 1.807) is 17.0 Å². The zero-order chi connectivity index (χ0) is 23.5. The summed E-state index contributed by atoms with van der Waals surface area (Å²) in [5.41, 5.74) is 1.10. The van der Waals surface area contributed by atoms with Crippen LogP contribution in [0.2, 0.25) is 5.02 Å². The fourth-order valence-electron chi connectivity index (χ4n) is 5.74. The van der Waals surface area contributed by atoms with Crippen molar-refractivity contribution in [3.63, 3.8) is 0 Å². The summed E-state index contributed by atoms with van der Waals surface area (Å²) in [7, 11) is 0. The number of aromatic nitrogens is 1. The first-order valence-electron chi connectivity index (χ1n) is 11.3. The standard InChI is InChI=1S/C24H26ClN5O3/c1-24(2)15-11-30(23(33)18-9-14-16(25)4-3-5-17(14)29-18)20(19(15)24)22(32)28-13(10-26)8-12-6-7-27-21(12)31/h3-5,9,12-13,15,19-20,29H,6-8,11H2,1-2H3,(H,27,31)(H,28,32)/t12?,13-,15-,19-,20-/m0/s1. The molecule has 1 aliphatic carbocycles. The molecule has 3 heterocycles. The molecule has 3 N–H and O–H groups in total. The highest BCUT2D eigenvalue weighted by atomic mass is 35.5. The summed E-state index contributed by atoms with van der Waals surface area (Å²) < 4.78 is 0. The van der Waals surface area contributed by atoms with Crippen molar-refractivity contribution in [2.24, 2.45) is 23.2 Å². The number of nitrogens with zero attached hydrogens (tertiary/aromatic N) is 2. The van der Waals surface area contributed by atoms with Gasteiger partial charge < -0.3 is 20.5 Å². The smallest absolute Gasteiger partial charge is 0.271 e. The molecule has 5 rings (SSSR count). The highest BCUT2D eigenvalue weighted by molar-refractivity contribution is 6.35. The minimum atomic E-state index is -0.781. The van der Waals surface area contributed by atoms with Crippen molar-refractivity contribution in [1.82, 2.24) is 20.5 Å². The Morgan fingerprint density at radius 2 is 2.18 bits per heavy atom. The molecule has 5 atom stereocenters. The van der Waals surface area contributed by atoms with E-state index in [-0.39, 0.29) is 47.3 Å². The fourth-order valence-corrected chi connectivity index (χ4v) is 5.97. The van der Waals surface area contributed by atoms with Crippen molar-refractivity contribution in [1.29, 1.82) is 5.26 Å². The van der Waals surface area contributed by atoms with E-state index in [2.05, 4.69) is 35.5 Å². The molecule has 0 bridgehead atoms. The van der Waals surface area contributed by atoms with Crippen LogP contribution in [0, 0.1) is 34.5 Å². The lowest BCUT2D eigenvalue weighted by Gasteiger charge is -2.30. The minimum Gasteiger partial charge on any atom is -0.356 e. The number of fused-ring (bicyclic) bond motifs is 2. The maximum absolute atomic E-state index is 13.5. The summed E-state index contributed by atoms with van der Waals surface area (Å²) in [4.78, 5) is 43.5. The molecule has 1 aromatic carbocycles. The minimum absolute atomic E-state index is 0.0311. The first-order valence-corrected chi connectivity index (χ1v) is 11.7. The summed E-state index contributed by atoms with van der Waals surface area (Å²) >= 11 is 6.27. The largest absolute Gasteiger partial charge is 0.356 e. The van der Waals surface area contributed by atoms with Gasteiger partial charge in [-0.2, -0.15) is 5.26 Å². The summed E-state index contributed by atoms with van der Waals surface area (Å²) in [5, 5.41) is 16.5. The third kappa shape index (κ3) is 3.55. The van der Waals surface area contributed by atoms with E-state index in [4.69, 9.17) is 11.6 Å². The topological polar surface area (TPSA) is 118 Å². The predicted octanol–water partition coefficient (Wildman–Crippen LogP) is 2.45. The molecule has 8 nitrogen and oxygen atoms in total. The Bertz CT molecular complexity index is 1200. The van der Waals surface area contributed by atoms with Crippen LogP contribution >= 0.6 is 11.6 Å². The number of nitriles is 1. The molecule has 172 valence electrons. The number of nitrogens with one attached hydrogen (secondary N) is 3. The summed E-state index contributed by atoms with van der Waals surface area (Å²) in [6, 6.07) is 7.83. The molecule has 0 radical (unpaired) electrons. The van der Waals surface area contributed by atoms with Crippen LogP contribution in [-0.2, 0) is 9.59 Å². The number of rotatable bonds is 5. The summed E-state index contributed by atoms with van der Waals surface area (Å²) in [5.74, 6) is -0.690. The van der Waals surface area contributed by atoms with Gasteiger partial charge in [0.05, 0.1) is 6.07 Å². The van der Waals surface area contributed by atoms with Crippen LogP contribution in [0.3, 0.4) is 0 Å². The number of hydrogen-bond donors (Lipinski definition) is 3. The second-order valence-corrected chi connectivity index (χ2v) is 10.3. The van der Waals surface area contributed by atoms with Gasteiger partial charge >= 0.3 is 0 Å². The van der Waals surface area contributed by atoms with Crippen molar-refractivity contribution in [2.45, 2.75) is 38.8 Å². The Balaban J connectivity index is 1.37. The molecule has 33 heavy (non-hydrogen) atoms. The first-order chi connectivity index (χ1) is 15.7. The van der Waals surface area contributed by atoms with Gasteiger partial charge in [-0.3, -0.25) is 14.4 Å². The molecular weight excluding hydrogens is 442 g/mol. The number of carbonyl (C=O) groups excluding carboxylic acids is 3. The highest BCUT2D eigenvalue weighted by Crippen LogP contribution is 2.65. The Labute approximate surface area is 196 Å². The van der Waals surface area contributed by atoms with Crippen LogP contribution in [-0.4, -0.2) is 52.8 Å². The Morgan fingerprint density at radius 1 is 1.39 bits per heavy atom. The normalized spacial score (nSPS) is 28.2. The summed E-state index contributed by atoms with van der Waals surface area (Å²) in [6.45, 7) is 5.29. The average molecular weight is 468 g/mol. The lowest BCUT2D eigenvalue weighted by Crippen LogP contribution is -2.52. The Hall–Kier alpha value is -3.05. The van der Waals surface area contributed by atoms with Crippen LogP contribution < -0.4 is 10.6 Å². The van der Waals surface area contributed by atoms with Crippen LogP contribution in [0.5, 0.6) is 0 Å². The van der Waals surface area contributed by atoms with Crippen molar-refractivity contribution >= 4 is 40.2 Å². The van der Waals surface area contributed by atoms with E-state index in [1.807, 2.05) is 12.1 Å². The monoisotopic (exact) mass is 467 g/mol. The van der Waals surface area contributed by atoms with Gasteiger partial charge in [-0.1, -0.05) is 31.5 Å². The molecule has 3 aliphatic rings. The van der Waals surface area contributed by atoms with Crippen LogP contribution in [0.25, 0.3) is 10.9 Å². The van der Waals surface area contributed by atoms with Crippen molar-refractivity contribution in [2.75, 3.05) is 13.1 Å². The number of benzene rings is 1. The molecule has 2 aliphatic heterocycles. The van der Waals surface area contributed by atoms with Gasteiger partial charge in [0.25, 0.3) is 5.91 Å². The lowest BCUT2D eigenvalue weighted by atomic mass is 9.97. The number of piperidine rings is 1. The summed E-state index contributed by atoms with van der Waals surface area (Å²) in [6.07, 6.45) is 0.925. The maximum Gasteiger partial charge on any atom is 0.271 e. The molecule has 9 heteroatoms. The van der Waals surface area contributed by atoms with Crippen molar-refractivity contribution in [3.05, 3.63) is 35.0 Å². The number of H-pyrrole nitrogens is 1. The number of halogens is 1. The molecule has 1 saturated carbocycles. The average Bonchev–Trinajstić information content (AvgIpc) is 3.30. The van der Waals surface area contributed by atoms with E-state index in [0.29, 0.717) is 30.2 Å². The van der Waals surface area contributed by atoms with Gasteiger partial charge in [-0.25, -0.2) is 0 Å². The van der Waals surface area contributed by atoms with Crippen LogP contribution in [0.15, 0.2) is 24.3 Å². The Morgan fingerprint density at radius 3 is 2.85 bits per heavy atom. The Kier molecular flexibility index (Phi) is 5.13. The first kappa shape index (κ1) is 21.8. The molecule has 1 unspecified atom stereocenters. The van der Waals surface area contributed by atoms with E-state index in [9.17, 15) is 19.6 Å². The zero-order valence-corrected chi connectivity index (χ0v) is 19.3. The quantitative estimate of drug-likeness (QED) is 0.625. The molecule has 3 amide bonds. The van der Waals surface area contributed by atoms with Crippen molar-refractivity contribution < 1.29 is 14.4 Å². The number of carbonyl (C=O) groups is 3. The molecule has 3 fully saturated rings. The SMILES string of the molecule is CC1(C)[C@@H]2[C@@H](C(=O)N[C@H](C#N)CC3CCNC3=O)N(C(=O)c3cc4c(Cl)cccc4[nH]3)C[C@@H]21. The number of likely N-dealkylation sites (tertiary alicyclic amines) is 1. The second kappa shape index (κ2) is 7.77. The third-order valence-electron chi connectivity index (χ3n) is 7.73. The predicted molar refractivity (Wildman–Crippen MR) is 122 cm³/mol. The van der Waals surface area contributed by atoms with E-state index < -0.39 is 12.1 Å². The van der Waals surface area contributed by atoms with Crippen LogP contribution in [0.4, 0.5) is 0 Å². The van der Waals surface area contributed by atoms with Gasteiger partial charge in [0.15, 0.2) is 0 Å². The van der Waals surface area contributed by atoms with Crippen LogP contribution in [0.1, 0.15) is 37.2 Å². The lowest BCUT2D eigenvalue weighted by molar-refractivity contribution is -0.127. The van der Waals surface area contributed by atoms with Gasteiger partial charge in [0.2, 0.25) is 11.8 Å². The second-order valence-electron chi connectivity index (χ2n) is 9.94. The van der Waals surface area contributed by atoms with E-state index >= 15 is 0 Å². The highest BCUT2D eigenvalue weighted by Gasteiger charge is 2.69. The number of aromatic amines is 1. The van der Waals surface area contributed by atoms with Gasteiger partial charge in [0.1, 0.15) is 17.8 Å². The van der Waals surface area contributed by atoms with Crippen molar-refractivity contribution in [3.8, 4) is 6.07 Å². The maximum atomic E-state index is 13.5. The third-order valence-corrected chi connectivity index (χ3v) is 8.06. The molecule has 2 aromatic rings. The molecule has 2 saturated heterocycles. The number of hydrogen-bond acceptors (Lipinski definition) is 4. The fraction of sp³-hybridized carbons (Fsp3) is 0.500.